The Kier molecular flexibility index (Phi) is 7.43. The molecule has 0 aliphatic rings. The van der Waals surface area contributed by atoms with Gasteiger partial charge in [0.25, 0.3) is 5.91 Å². The zero-order valence-corrected chi connectivity index (χ0v) is 20.4. The lowest BCUT2D eigenvalue weighted by molar-refractivity contribution is -0.115. The van der Waals surface area contributed by atoms with E-state index in [4.69, 9.17) is 4.74 Å². The number of para-hydroxylation sites is 1. The van der Waals surface area contributed by atoms with Crippen LogP contribution in [0.15, 0.2) is 76.3 Å². The fraction of sp³-hybridized carbons (Fsp3) is 0.125. The highest BCUT2D eigenvalue weighted by Gasteiger charge is 2.18. The zero-order chi connectivity index (χ0) is 23.2. The molecule has 2 amide bonds. The number of anilines is 2. The van der Waals surface area contributed by atoms with E-state index in [1.54, 1.807) is 13.2 Å². The average Bonchev–Trinajstić information content (AvgIpc) is 3.52. The van der Waals surface area contributed by atoms with Crippen LogP contribution in [0.25, 0.3) is 11.3 Å². The van der Waals surface area contributed by atoms with Gasteiger partial charge in [-0.05, 0) is 48.7 Å². The summed E-state index contributed by atoms with van der Waals surface area (Å²) in [4.78, 5) is 31.1. The summed E-state index contributed by atoms with van der Waals surface area (Å²) < 4.78 is 5.40. The van der Waals surface area contributed by atoms with E-state index < -0.39 is 0 Å². The Hall–Kier alpha value is -3.14. The van der Waals surface area contributed by atoms with Crippen LogP contribution in [0.2, 0.25) is 0 Å². The molecule has 0 saturated carbocycles. The summed E-state index contributed by atoms with van der Waals surface area (Å²) in [5.41, 5.74) is 2.32. The van der Waals surface area contributed by atoms with Gasteiger partial charge in [-0.15, -0.1) is 34.4 Å². The molecule has 0 fully saturated rings. The van der Waals surface area contributed by atoms with Crippen molar-refractivity contribution in [2.45, 2.75) is 17.1 Å². The molecule has 4 rings (SSSR count). The second-order valence-electron chi connectivity index (χ2n) is 6.95. The van der Waals surface area contributed by atoms with Gasteiger partial charge in [-0.25, -0.2) is 4.98 Å². The van der Waals surface area contributed by atoms with Gasteiger partial charge in [0.15, 0.2) is 5.13 Å². The second-order valence-corrected chi connectivity index (χ2v) is 10.2. The summed E-state index contributed by atoms with van der Waals surface area (Å²) in [6.07, 6.45) is 0. The maximum Gasteiger partial charge on any atom is 0.265 e. The Bertz CT molecular complexity index is 1250. The molecule has 4 aromatic rings. The van der Waals surface area contributed by atoms with Crippen LogP contribution in [0.4, 0.5) is 10.8 Å². The first-order chi connectivity index (χ1) is 16.0. The maximum atomic E-state index is 12.7. The maximum absolute atomic E-state index is 12.7. The van der Waals surface area contributed by atoms with E-state index in [-0.39, 0.29) is 17.1 Å². The van der Waals surface area contributed by atoms with Crippen molar-refractivity contribution in [3.63, 3.8) is 0 Å². The molecule has 168 valence electrons. The first kappa shape index (κ1) is 23.0. The van der Waals surface area contributed by atoms with Crippen molar-refractivity contribution in [2.24, 2.45) is 0 Å². The number of carbonyl (C=O) groups excluding carboxylic acids is 2. The van der Waals surface area contributed by atoms with Crippen LogP contribution < -0.4 is 15.4 Å². The lowest BCUT2D eigenvalue weighted by Gasteiger charge is -2.12. The van der Waals surface area contributed by atoms with Crippen molar-refractivity contribution in [2.75, 3.05) is 17.7 Å². The number of nitrogens with zero attached hydrogens (tertiary/aromatic N) is 1. The van der Waals surface area contributed by atoms with Crippen molar-refractivity contribution in [1.29, 1.82) is 0 Å². The second kappa shape index (κ2) is 10.7. The quantitative estimate of drug-likeness (QED) is 0.282. The molecule has 0 spiro atoms. The predicted molar refractivity (Wildman–Crippen MR) is 137 cm³/mol. The molecular formula is C24H21N3O3S3. The molecule has 2 aromatic carbocycles. The number of rotatable bonds is 8. The van der Waals surface area contributed by atoms with Gasteiger partial charge in [-0.2, -0.15) is 0 Å². The lowest BCUT2D eigenvalue weighted by Crippen LogP contribution is -2.22. The van der Waals surface area contributed by atoms with Crippen LogP contribution in [0.1, 0.15) is 16.6 Å². The van der Waals surface area contributed by atoms with E-state index in [0.717, 1.165) is 21.9 Å². The fourth-order valence-corrected chi connectivity index (χ4v) is 5.28. The number of thiophene rings is 1. The molecule has 0 aliphatic carbocycles. The highest BCUT2D eigenvalue weighted by atomic mass is 32.2. The lowest BCUT2D eigenvalue weighted by atomic mass is 10.1. The third-order valence-corrected chi connectivity index (χ3v) is 7.36. The number of benzene rings is 2. The number of hydrogen-bond acceptors (Lipinski definition) is 7. The van der Waals surface area contributed by atoms with Gasteiger partial charge in [0.2, 0.25) is 5.91 Å². The molecule has 0 aliphatic heterocycles. The van der Waals surface area contributed by atoms with Crippen LogP contribution >= 0.6 is 34.4 Å². The number of aromatic nitrogens is 1. The van der Waals surface area contributed by atoms with Gasteiger partial charge in [0.05, 0.1) is 22.9 Å². The predicted octanol–water partition coefficient (Wildman–Crippen LogP) is 6.25. The number of amides is 2. The van der Waals surface area contributed by atoms with Gasteiger partial charge >= 0.3 is 0 Å². The third-order valence-electron chi connectivity index (χ3n) is 4.64. The summed E-state index contributed by atoms with van der Waals surface area (Å²) >= 11 is 4.17. The molecule has 6 nitrogen and oxygen atoms in total. The molecule has 0 bridgehead atoms. The highest BCUT2D eigenvalue weighted by Crippen LogP contribution is 2.32. The zero-order valence-electron chi connectivity index (χ0n) is 17.9. The van der Waals surface area contributed by atoms with Gasteiger partial charge in [-0.1, -0.05) is 24.3 Å². The van der Waals surface area contributed by atoms with Gasteiger partial charge < -0.3 is 15.4 Å². The molecular weight excluding hydrogens is 474 g/mol. The van der Waals surface area contributed by atoms with E-state index >= 15 is 0 Å². The molecule has 2 N–H and O–H groups in total. The third kappa shape index (κ3) is 5.81. The highest BCUT2D eigenvalue weighted by molar-refractivity contribution is 8.00. The van der Waals surface area contributed by atoms with Gasteiger partial charge in [-0.3, -0.25) is 9.59 Å². The van der Waals surface area contributed by atoms with Crippen LogP contribution in [-0.2, 0) is 4.79 Å². The summed E-state index contributed by atoms with van der Waals surface area (Å²) in [5.74, 6) is 0.442. The Morgan fingerprint density at radius 2 is 1.88 bits per heavy atom. The molecule has 33 heavy (non-hydrogen) atoms. The van der Waals surface area contributed by atoms with E-state index in [2.05, 4.69) is 15.6 Å². The molecule has 2 aromatic heterocycles. The monoisotopic (exact) mass is 495 g/mol. The number of thiazole rings is 1. The van der Waals surface area contributed by atoms with Crippen molar-refractivity contribution in [3.8, 4) is 17.0 Å². The number of ether oxygens (including phenoxy) is 1. The Morgan fingerprint density at radius 1 is 1.03 bits per heavy atom. The van der Waals surface area contributed by atoms with Gasteiger partial charge in [0, 0.05) is 21.5 Å². The smallest absolute Gasteiger partial charge is 0.265 e. The standard InChI is InChI=1S/C24H21N3O3S3/c1-15(33-17-8-5-7-16(13-17)25-23(29)21-11-6-12-31-21)22(28)27-24-26-19(14-32-24)18-9-3-4-10-20(18)30-2/h3-15H,1-2H3,(H,25,29)(H,26,27,28). The van der Waals surface area contributed by atoms with E-state index in [9.17, 15) is 9.59 Å². The molecule has 1 unspecified atom stereocenters. The molecule has 1 atom stereocenters. The Morgan fingerprint density at radius 3 is 2.67 bits per heavy atom. The van der Waals surface area contributed by atoms with Crippen molar-refractivity contribution < 1.29 is 14.3 Å². The largest absolute Gasteiger partial charge is 0.496 e. The first-order valence-corrected chi connectivity index (χ1v) is 12.7. The van der Waals surface area contributed by atoms with Gasteiger partial charge in [0.1, 0.15) is 5.75 Å². The number of carbonyl (C=O) groups is 2. The van der Waals surface area contributed by atoms with E-state index in [1.807, 2.05) is 72.3 Å². The van der Waals surface area contributed by atoms with Crippen LogP contribution in [-0.4, -0.2) is 29.2 Å². The SMILES string of the molecule is COc1ccccc1-c1csc(NC(=O)C(C)Sc2cccc(NC(=O)c3cccs3)c2)n1. The van der Waals surface area contributed by atoms with Crippen molar-refractivity contribution in [1.82, 2.24) is 4.98 Å². The minimum absolute atomic E-state index is 0.144. The fourth-order valence-electron chi connectivity index (χ4n) is 3.02. The van der Waals surface area contributed by atoms with Crippen molar-refractivity contribution >= 4 is 57.1 Å². The molecule has 9 heteroatoms. The Labute approximate surface area is 204 Å². The topological polar surface area (TPSA) is 80.3 Å². The number of hydrogen-bond donors (Lipinski definition) is 2. The molecule has 0 radical (unpaired) electrons. The average molecular weight is 496 g/mol. The van der Waals surface area contributed by atoms with Crippen molar-refractivity contribution in [3.05, 3.63) is 76.3 Å². The summed E-state index contributed by atoms with van der Waals surface area (Å²) in [6.45, 7) is 1.84. The van der Waals surface area contributed by atoms with E-state index in [0.29, 0.717) is 15.7 Å². The first-order valence-electron chi connectivity index (χ1n) is 10.0. The van der Waals surface area contributed by atoms with E-state index in [1.165, 1.54) is 34.4 Å². The number of methoxy groups -OCH3 is 1. The number of nitrogens with one attached hydrogen (secondary N) is 2. The summed E-state index contributed by atoms with van der Waals surface area (Å²) in [7, 11) is 1.62. The van der Waals surface area contributed by atoms with Crippen LogP contribution in [0.3, 0.4) is 0 Å². The Balaban J connectivity index is 1.37. The minimum Gasteiger partial charge on any atom is -0.496 e. The molecule has 0 saturated heterocycles. The minimum atomic E-state index is -0.355. The molecule has 2 heterocycles. The summed E-state index contributed by atoms with van der Waals surface area (Å²) in [6, 6.07) is 18.7. The van der Waals surface area contributed by atoms with Crippen LogP contribution in [0.5, 0.6) is 5.75 Å². The number of thioether (sulfide) groups is 1. The normalized spacial score (nSPS) is 11.6. The summed E-state index contributed by atoms with van der Waals surface area (Å²) in [5, 5.41) is 9.72. The van der Waals surface area contributed by atoms with Crippen LogP contribution in [0, 0.1) is 0 Å².